The molecule has 3 rings (SSSR count). The molecular formula is C21H24BrNO2. The SMILES string of the molecule is CC(C)(C)c1ccc(OCC(=O)N2CCCc3ccccc32)c(Br)c1. The van der Waals surface area contributed by atoms with Crippen LogP contribution in [0.2, 0.25) is 0 Å². The van der Waals surface area contributed by atoms with E-state index in [1.165, 1.54) is 11.1 Å². The van der Waals surface area contributed by atoms with Crippen molar-refractivity contribution >= 4 is 27.5 Å². The van der Waals surface area contributed by atoms with E-state index in [4.69, 9.17) is 4.74 Å². The van der Waals surface area contributed by atoms with Crippen LogP contribution in [0.25, 0.3) is 0 Å². The summed E-state index contributed by atoms with van der Waals surface area (Å²) in [6, 6.07) is 14.2. The molecule has 1 heterocycles. The zero-order valence-corrected chi connectivity index (χ0v) is 16.6. The molecule has 2 aromatic rings. The zero-order chi connectivity index (χ0) is 18.0. The van der Waals surface area contributed by atoms with E-state index in [2.05, 4.69) is 54.9 Å². The molecule has 0 saturated heterocycles. The fourth-order valence-electron chi connectivity index (χ4n) is 3.09. The van der Waals surface area contributed by atoms with Crippen molar-refractivity contribution in [2.45, 2.75) is 39.0 Å². The smallest absolute Gasteiger partial charge is 0.264 e. The van der Waals surface area contributed by atoms with E-state index in [1.807, 2.05) is 29.2 Å². The maximum atomic E-state index is 12.7. The van der Waals surface area contributed by atoms with Gasteiger partial charge in [-0.05, 0) is 63.5 Å². The Hall–Kier alpha value is -1.81. The molecule has 0 aliphatic carbocycles. The van der Waals surface area contributed by atoms with E-state index in [-0.39, 0.29) is 17.9 Å². The van der Waals surface area contributed by atoms with Crippen molar-refractivity contribution in [3.05, 3.63) is 58.1 Å². The number of carbonyl (C=O) groups excluding carboxylic acids is 1. The van der Waals surface area contributed by atoms with Crippen LogP contribution < -0.4 is 9.64 Å². The van der Waals surface area contributed by atoms with Gasteiger partial charge in [0, 0.05) is 12.2 Å². The Morgan fingerprint density at radius 3 is 2.68 bits per heavy atom. The predicted molar refractivity (Wildman–Crippen MR) is 105 cm³/mol. The number of aryl methyl sites for hydroxylation is 1. The van der Waals surface area contributed by atoms with Crippen molar-refractivity contribution in [1.82, 2.24) is 0 Å². The van der Waals surface area contributed by atoms with Gasteiger partial charge in [0.2, 0.25) is 0 Å². The molecule has 0 unspecified atom stereocenters. The first-order valence-electron chi connectivity index (χ1n) is 8.67. The van der Waals surface area contributed by atoms with Gasteiger partial charge in [0.1, 0.15) is 5.75 Å². The molecule has 132 valence electrons. The Morgan fingerprint density at radius 1 is 1.20 bits per heavy atom. The normalized spacial score (nSPS) is 14.2. The summed E-state index contributed by atoms with van der Waals surface area (Å²) in [5, 5.41) is 0. The minimum atomic E-state index is -0.000974. The molecule has 4 heteroatoms. The first kappa shape index (κ1) is 18.0. The van der Waals surface area contributed by atoms with Gasteiger partial charge < -0.3 is 9.64 Å². The van der Waals surface area contributed by atoms with Gasteiger partial charge in [0.25, 0.3) is 5.91 Å². The summed E-state index contributed by atoms with van der Waals surface area (Å²) in [6.45, 7) is 7.32. The number of fused-ring (bicyclic) bond motifs is 1. The molecule has 1 aliphatic rings. The highest BCUT2D eigenvalue weighted by Gasteiger charge is 2.23. The van der Waals surface area contributed by atoms with E-state index in [9.17, 15) is 4.79 Å². The predicted octanol–water partition coefficient (Wildman–Crippen LogP) is 5.10. The Kier molecular flexibility index (Phi) is 5.19. The largest absolute Gasteiger partial charge is 0.483 e. The second kappa shape index (κ2) is 7.20. The van der Waals surface area contributed by atoms with Gasteiger partial charge in [0.05, 0.1) is 4.47 Å². The molecule has 0 bridgehead atoms. The lowest BCUT2D eigenvalue weighted by Crippen LogP contribution is -2.38. The second-order valence-corrected chi connectivity index (χ2v) is 8.32. The summed E-state index contributed by atoms with van der Waals surface area (Å²) in [6.07, 6.45) is 2.02. The lowest BCUT2D eigenvalue weighted by molar-refractivity contribution is -0.120. The molecule has 2 aromatic carbocycles. The zero-order valence-electron chi connectivity index (χ0n) is 15.0. The molecule has 0 radical (unpaired) electrons. The van der Waals surface area contributed by atoms with Gasteiger partial charge in [-0.25, -0.2) is 0 Å². The average molecular weight is 402 g/mol. The minimum absolute atomic E-state index is 0.000974. The molecule has 0 fully saturated rings. The number of hydrogen-bond donors (Lipinski definition) is 0. The van der Waals surface area contributed by atoms with Gasteiger partial charge in [-0.2, -0.15) is 0 Å². The van der Waals surface area contributed by atoms with Gasteiger partial charge in [-0.15, -0.1) is 0 Å². The maximum Gasteiger partial charge on any atom is 0.264 e. The monoisotopic (exact) mass is 401 g/mol. The standard InChI is InChI=1S/C21H24BrNO2/c1-21(2,3)16-10-11-19(17(22)13-16)25-14-20(24)23-12-6-8-15-7-4-5-9-18(15)23/h4-5,7,9-11,13H,6,8,12,14H2,1-3H3. The minimum Gasteiger partial charge on any atom is -0.483 e. The third-order valence-corrected chi connectivity index (χ3v) is 5.18. The molecule has 1 aliphatic heterocycles. The number of carbonyl (C=O) groups is 1. The molecule has 0 atom stereocenters. The topological polar surface area (TPSA) is 29.5 Å². The van der Waals surface area contributed by atoms with Crippen molar-refractivity contribution in [3.63, 3.8) is 0 Å². The lowest BCUT2D eigenvalue weighted by atomic mass is 9.87. The second-order valence-electron chi connectivity index (χ2n) is 7.46. The van der Waals surface area contributed by atoms with Crippen molar-refractivity contribution in [1.29, 1.82) is 0 Å². The highest BCUT2D eigenvalue weighted by molar-refractivity contribution is 9.10. The van der Waals surface area contributed by atoms with Crippen LogP contribution >= 0.6 is 15.9 Å². The van der Waals surface area contributed by atoms with Crippen molar-refractivity contribution in [3.8, 4) is 5.75 Å². The van der Waals surface area contributed by atoms with Gasteiger partial charge in [0.15, 0.2) is 6.61 Å². The quantitative estimate of drug-likeness (QED) is 0.715. The van der Waals surface area contributed by atoms with Gasteiger partial charge in [-0.1, -0.05) is 45.0 Å². The summed E-state index contributed by atoms with van der Waals surface area (Å²) in [7, 11) is 0. The van der Waals surface area contributed by atoms with E-state index in [0.717, 1.165) is 29.5 Å². The number of benzene rings is 2. The van der Waals surface area contributed by atoms with E-state index in [0.29, 0.717) is 5.75 Å². The Balaban J connectivity index is 1.69. The third kappa shape index (κ3) is 4.06. The summed E-state index contributed by atoms with van der Waals surface area (Å²) in [5.74, 6) is 0.700. The van der Waals surface area contributed by atoms with E-state index >= 15 is 0 Å². The highest BCUT2D eigenvalue weighted by atomic mass is 79.9. The molecule has 0 spiro atoms. The summed E-state index contributed by atoms with van der Waals surface area (Å²) in [5.41, 5.74) is 3.55. The Labute approximate surface area is 158 Å². The Bertz CT molecular complexity index is 780. The van der Waals surface area contributed by atoms with Crippen molar-refractivity contribution in [2.75, 3.05) is 18.1 Å². The summed E-state index contributed by atoms with van der Waals surface area (Å²) >= 11 is 3.56. The van der Waals surface area contributed by atoms with Crippen LogP contribution in [-0.2, 0) is 16.6 Å². The molecular weight excluding hydrogens is 378 g/mol. The van der Waals surface area contributed by atoms with Crippen molar-refractivity contribution in [2.24, 2.45) is 0 Å². The molecule has 25 heavy (non-hydrogen) atoms. The highest BCUT2D eigenvalue weighted by Crippen LogP contribution is 2.32. The first-order chi connectivity index (χ1) is 11.9. The molecule has 0 saturated carbocycles. The fraction of sp³-hybridized carbons (Fsp3) is 0.381. The summed E-state index contributed by atoms with van der Waals surface area (Å²) in [4.78, 5) is 14.5. The number of para-hydroxylation sites is 1. The fourth-order valence-corrected chi connectivity index (χ4v) is 3.59. The number of nitrogens with zero attached hydrogens (tertiary/aromatic N) is 1. The Morgan fingerprint density at radius 2 is 1.96 bits per heavy atom. The van der Waals surface area contributed by atoms with Crippen LogP contribution in [0.15, 0.2) is 46.9 Å². The maximum absolute atomic E-state index is 12.7. The molecule has 3 nitrogen and oxygen atoms in total. The molecule has 0 N–H and O–H groups in total. The van der Waals surface area contributed by atoms with E-state index in [1.54, 1.807) is 0 Å². The van der Waals surface area contributed by atoms with Crippen LogP contribution in [0.1, 0.15) is 38.3 Å². The number of hydrogen-bond acceptors (Lipinski definition) is 2. The number of anilines is 1. The van der Waals surface area contributed by atoms with Crippen LogP contribution in [-0.4, -0.2) is 19.1 Å². The van der Waals surface area contributed by atoms with Gasteiger partial charge in [-0.3, -0.25) is 4.79 Å². The number of rotatable bonds is 3. The van der Waals surface area contributed by atoms with E-state index < -0.39 is 0 Å². The van der Waals surface area contributed by atoms with Crippen molar-refractivity contribution < 1.29 is 9.53 Å². The van der Waals surface area contributed by atoms with Gasteiger partial charge >= 0.3 is 0 Å². The van der Waals surface area contributed by atoms with Crippen LogP contribution in [0.5, 0.6) is 5.75 Å². The first-order valence-corrected chi connectivity index (χ1v) is 9.46. The molecule has 0 aromatic heterocycles. The number of halogens is 1. The van der Waals surface area contributed by atoms with Crippen LogP contribution in [0.3, 0.4) is 0 Å². The summed E-state index contributed by atoms with van der Waals surface area (Å²) < 4.78 is 6.68. The number of ether oxygens (including phenoxy) is 1. The molecule has 1 amide bonds. The van der Waals surface area contributed by atoms with Crippen LogP contribution in [0, 0.1) is 0 Å². The van der Waals surface area contributed by atoms with Crippen LogP contribution in [0.4, 0.5) is 5.69 Å². The lowest BCUT2D eigenvalue weighted by Gasteiger charge is -2.29. The third-order valence-electron chi connectivity index (χ3n) is 4.56. The number of amides is 1. The average Bonchev–Trinajstić information content (AvgIpc) is 2.59.